The first-order chi connectivity index (χ1) is 8.29. The molecule has 0 amide bonds. The van der Waals surface area contributed by atoms with Crippen LogP contribution in [0, 0.1) is 0 Å². The quantitative estimate of drug-likeness (QED) is 0.557. The molecule has 0 saturated heterocycles. The smallest absolute Gasteiger partial charge is 0.320 e. The minimum absolute atomic E-state index is 2.12. The van der Waals surface area contributed by atoms with Gasteiger partial charge in [-0.15, -0.1) is 0 Å². The number of rotatable bonds is 6. The summed E-state index contributed by atoms with van der Waals surface area (Å²) in [7, 11) is 0. The van der Waals surface area contributed by atoms with Gasteiger partial charge in [-0.05, 0) is 0 Å². The molecule has 0 unspecified atom stereocenters. The molecule has 0 heterocycles. The first-order valence-corrected chi connectivity index (χ1v) is 4.33. The zero-order valence-electron chi connectivity index (χ0n) is 8.83. The second-order valence-corrected chi connectivity index (χ2v) is 3.07. The van der Waals surface area contributed by atoms with Crippen molar-refractivity contribution in [2.45, 2.75) is 25.0 Å². The lowest BCUT2D eigenvalue weighted by molar-refractivity contribution is -0.353. The van der Waals surface area contributed by atoms with Crippen molar-refractivity contribution >= 4 is 0 Å². The molecule has 0 N–H and O–H groups in total. The number of ether oxygens (including phenoxy) is 3. The minimum Gasteiger partial charge on any atom is -0.320 e. The molecule has 0 aliphatic carbocycles. The number of hydrogen-bond donors (Lipinski definition) is 0. The lowest BCUT2D eigenvalue weighted by Gasteiger charge is -2.20. The molecule has 0 aliphatic rings. The summed E-state index contributed by atoms with van der Waals surface area (Å²) in [6.45, 7) is -9.08. The summed E-state index contributed by atoms with van der Waals surface area (Å²) in [5.41, 5.74) is 0. The van der Waals surface area contributed by atoms with Gasteiger partial charge in [0.15, 0.2) is 0 Å². The van der Waals surface area contributed by atoms with Gasteiger partial charge in [0.1, 0.15) is 19.8 Å². The Morgan fingerprint density at radius 3 is 0.895 bits per heavy atom. The molecule has 0 bridgehead atoms. The van der Waals surface area contributed by atoms with Gasteiger partial charge in [-0.25, -0.2) is 0 Å². The largest absolute Gasteiger partial charge is 0.411 e. The third kappa shape index (κ3) is 13.5. The van der Waals surface area contributed by atoms with E-state index < -0.39 is 44.8 Å². The highest BCUT2D eigenvalue weighted by Gasteiger charge is 2.35. The highest BCUT2D eigenvalue weighted by atomic mass is 19.4. The fourth-order valence-electron chi connectivity index (χ4n) is 0.632. The van der Waals surface area contributed by atoms with Gasteiger partial charge in [0.05, 0.1) is 0 Å². The van der Waals surface area contributed by atoms with E-state index in [0.29, 0.717) is 0 Å². The standard InChI is InChI=1S/C7H7F9O3/c8-5(9,10)1-17-4(18-2-6(11,12)13)19-3-7(14,15)16/h4H,1-3H2. The molecule has 116 valence electrons. The molecule has 0 saturated carbocycles. The summed E-state index contributed by atoms with van der Waals surface area (Å²) >= 11 is 0. The maximum atomic E-state index is 11.7. The van der Waals surface area contributed by atoms with Crippen LogP contribution in [-0.4, -0.2) is 44.8 Å². The highest BCUT2D eigenvalue weighted by Crippen LogP contribution is 2.21. The van der Waals surface area contributed by atoms with Gasteiger partial charge in [0.2, 0.25) is 0 Å². The van der Waals surface area contributed by atoms with Crippen LogP contribution in [0.2, 0.25) is 0 Å². The van der Waals surface area contributed by atoms with Crippen molar-refractivity contribution in [1.82, 2.24) is 0 Å². The highest BCUT2D eigenvalue weighted by molar-refractivity contribution is 4.50. The summed E-state index contributed by atoms with van der Waals surface area (Å²) in [5, 5.41) is 0. The van der Waals surface area contributed by atoms with Gasteiger partial charge < -0.3 is 14.2 Å². The zero-order valence-corrected chi connectivity index (χ0v) is 8.83. The van der Waals surface area contributed by atoms with Crippen LogP contribution in [0.3, 0.4) is 0 Å². The zero-order chi connectivity index (χ0) is 15.3. The van der Waals surface area contributed by atoms with Gasteiger partial charge in [0.25, 0.3) is 6.48 Å². The first-order valence-electron chi connectivity index (χ1n) is 4.33. The summed E-state index contributed by atoms with van der Waals surface area (Å²) in [4.78, 5) is 0. The summed E-state index contributed by atoms with van der Waals surface area (Å²) in [6, 6.07) is 0. The minimum atomic E-state index is -4.96. The van der Waals surface area contributed by atoms with Crippen molar-refractivity contribution in [2.24, 2.45) is 0 Å². The summed E-state index contributed by atoms with van der Waals surface area (Å²) in [5.74, 6) is 0. The van der Waals surface area contributed by atoms with Crippen molar-refractivity contribution in [3.63, 3.8) is 0 Å². The van der Waals surface area contributed by atoms with E-state index in [-0.39, 0.29) is 0 Å². The molecule has 0 aromatic heterocycles. The first kappa shape index (κ1) is 18.2. The van der Waals surface area contributed by atoms with E-state index in [1.165, 1.54) is 0 Å². The molecule has 0 atom stereocenters. The second-order valence-electron chi connectivity index (χ2n) is 3.07. The molecule has 0 aliphatic heterocycles. The average molecular weight is 310 g/mol. The molecular formula is C7H7F9O3. The van der Waals surface area contributed by atoms with Crippen LogP contribution in [-0.2, 0) is 14.2 Å². The third-order valence-corrected chi connectivity index (χ3v) is 1.15. The van der Waals surface area contributed by atoms with Gasteiger partial charge in [-0.3, -0.25) is 0 Å². The fourth-order valence-corrected chi connectivity index (χ4v) is 0.632. The van der Waals surface area contributed by atoms with E-state index in [0.717, 1.165) is 0 Å². The average Bonchev–Trinajstić information content (AvgIpc) is 2.11. The topological polar surface area (TPSA) is 27.7 Å². The van der Waals surface area contributed by atoms with Crippen molar-refractivity contribution in [1.29, 1.82) is 0 Å². The Kier molecular flexibility index (Phi) is 6.35. The maximum absolute atomic E-state index is 11.7. The summed E-state index contributed by atoms with van der Waals surface area (Å²) < 4.78 is 116. The monoisotopic (exact) mass is 310 g/mol. The van der Waals surface area contributed by atoms with Gasteiger partial charge in [-0.2, -0.15) is 39.5 Å². The van der Waals surface area contributed by atoms with Crippen molar-refractivity contribution in [2.75, 3.05) is 19.8 Å². The second kappa shape index (κ2) is 6.61. The summed E-state index contributed by atoms with van der Waals surface area (Å²) in [6.07, 6.45) is -14.9. The Hall–Kier alpha value is -0.750. The Balaban J connectivity index is 4.30. The normalized spacial score (nSPS) is 14.2. The lowest BCUT2D eigenvalue weighted by Crippen LogP contribution is -2.33. The number of hydrogen-bond acceptors (Lipinski definition) is 3. The molecule has 0 spiro atoms. The molecule has 0 radical (unpaired) electrons. The lowest BCUT2D eigenvalue weighted by atomic mass is 10.7. The Morgan fingerprint density at radius 2 is 0.737 bits per heavy atom. The van der Waals surface area contributed by atoms with E-state index in [1.807, 2.05) is 0 Å². The van der Waals surface area contributed by atoms with E-state index in [1.54, 1.807) is 0 Å². The predicted molar refractivity (Wildman–Crippen MR) is 39.8 cm³/mol. The maximum Gasteiger partial charge on any atom is 0.411 e. The Morgan fingerprint density at radius 1 is 0.526 bits per heavy atom. The van der Waals surface area contributed by atoms with Gasteiger partial charge >= 0.3 is 18.5 Å². The van der Waals surface area contributed by atoms with Crippen LogP contribution in [0.15, 0.2) is 0 Å². The van der Waals surface area contributed by atoms with E-state index in [4.69, 9.17) is 0 Å². The van der Waals surface area contributed by atoms with Crippen LogP contribution < -0.4 is 0 Å². The number of alkyl halides is 9. The fraction of sp³-hybridized carbons (Fsp3) is 1.00. The molecule has 0 fully saturated rings. The molecule has 0 aromatic carbocycles. The van der Waals surface area contributed by atoms with Crippen LogP contribution in [0.5, 0.6) is 0 Å². The Bertz CT molecular complexity index is 213. The van der Waals surface area contributed by atoms with Gasteiger partial charge in [0, 0.05) is 0 Å². The van der Waals surface area contributed by atoms with Crippen LogP contribution in [0.4, 0.5) is 39.5 Å². The predicted octanol–water partition coefficient (Wildman–Crippen LogP) is 3.01. The van der Waals surface area contributed by atoms with Crippen LogP contribution in [0.25, 0.3) is 0 Å². The van der Waals surface area contributed by atoms with E-state index >= 15 is 0 Å². The van der Waals surface area contributed by atoms with Gasteiger partial charge in [-0.1, -0.05) is 0 Å². The van der Waals surface area contributed by atoms with Crippen LogP contribution in [0.1, 0.15) is 0 Å². The van der Waals surface area contributed by atoms with Crippen molar-refractivity contribution < 1.29 is 53.7 Å². The van der Waals surface area contributed by atoms with E-state index in [2.05, 4.69) is 14.2 Å². The van der Waals surface area contributed by atoms with E-state index in [9.17, 15) is 39.5 Å². The van der Waals surface area contributed by atoms with Crippen molar-refractivity contribution in [3.05, 3.63) is 0 Å². The van der Waals surface area contributed by atoms with Crippen LogP contribution >= 0.6 is 0 Å². The number of halogens is 9. The molecule has 0 rings (SSSR count). The van der Waals surface area contributed by atoms with Crippen molar-refractivity contribution in [3.8, 4) is 0 Å². The molecular weight excluding hydrogens is 303 g/mol. The molecule has 3 nitrogen and oxygen atoms in total. The SMILES string of the molecule is FC(F)(F)COC(OCC(F)(F)F)OCC(F)(F)F. The molecule has 12 heteroatoms. The third-order valence-electron chi connectivity index (χ3n) is 1.15. The molecule has 19 heavy (non-hydrogen) atoms. The Labute approximate surface area is 99.8 Å². The molecule has 0 aromatic rings.